The highest BCUT2D eigenvalue weighted by molar-refractivity contribution is 7.18. The van der Waals surface area contributed by atoms with Crippen molar-refractivity contribution in [3.05, 3.63) is 23.5 Å². The Labute approximate surface area is 162 Å². The van der Waals surface area contributed by atoms with Crippen LogP contribution >= 0.6 is 11.3 Å². The summed E-state index contributed by atoms with van der Waals surface area (Å²) >= 11 is 1.68. The highest BCUT2D eigenvalue weighted by atomic mass is 32.1. The van der Waals surface area contributed by atoms with Gasteiger partial charge in [0, 0.05) is 19.0 Å². The van der Waals surface area contributed by atoms with Crippen LogP contribution in [-0.2, 0) is 4.79 Å². The van der Waals surface area contributed by atoms with Crippen LogP contribution in [0.25, 0.3) is 21.3 Å². The maximum absolute atomic E-state index is 11.9. The molecule has 1 aliphatic carbocycles. The van der Waals surface area contributed by atoms with Crippen molar-refractivity contribution in [1.29, 1.82) is 0 Å². The fourth-order valence-corrected chi connectivity index (χ4v) is 5.19. The SMILES string of the molecule is CCNC(=O)CC1CCC(n2c([C@@H](C)O)nc3cnc4ccsc4c32)CC1. The average Bonchev–Trinajstić information content (AvgIpc) is 3.26. The van der Waals surface area contributed by atoms with Crippen molar-refractivity contribution in [3.63, 3.8) is 0 Å². The summed E-state index contributed by atoms with van der Waals surface area (Å²) in [6, 6.07) is 2.33. The highest BCUT2D eigenvalue weighted by Crippen LogP contribution is 2.39. The number of hydrogen-bond donors (Lipinski definition) is 2. The minimum atomic E-state index is -0.625. The third kappa shape index (κ3) is 3.46. The summed E-state index contributed by atoms with van der Waals surface area (Å²) in [6.07, 6.45) is 5.87. The summed E-state index contributed by atoms with van der Waals surface area (Å²) in [5.41, 5.74) is 2.93. The zero-order chi connectivity index (χ0) is 19.0. The number of carbonyl (C=O) groups excluding carboxylic acids is 1. The van der Waals surface area contributed by atoms with E-state index in [9.17, 15) is 9.90 Å². The summed E-state index contributed by atoms with van der Waals surface area (Å²) < 4.78 is 3.39. The number of aliphatic hydroxyl groups is 1. The third-order valence-electron chi connectivity index (χ3n) is 5.55. The Hall–Kier alpha value is -1.99. The first-order chi connectivity index (χ1) is 13.1. The van der Waals surface area contributed by atoms with Gasteiger partial charge in [-0.3, -0.25) is 9.78 Å². The number of amides is 1. The van der Waals surface area contributed by atoms with E-state index in [0.717, 1.165) is 52.8 Å². The number of aliphatic hydroxyl groups excluding tert-OH is 1. The second-order valence-electron chi connectivity index (χ2n) is 7.48. The second-order valence-corrected chi connectivity index (χ2v) is 8.39. The Balaban J connectivity index is 1.64. The summed E-state index contributed by atoms with van der Waals surface area (Å²) in [5, 5.41) is 15.3. The first kappa shape index (κ1) is 18.4. The first-order valence-corrected chi connectivity index (χ1v) is 10.6. The van der Waals surface area contributed by atoms with Crippen molar-refractivity contribution in [2.45, 2.75) is 58.1 Å². The number of nitrogens with zero attached hydrogens (tertiary/aromatic N) is 3. The molecule has 0 unspecified atom stereocenters. The smallest absolute Gasteiger partial charge is 0.220 e. The first-order valence-electron chi connectivity index (χ1n) is 9.77. The fraction of sp³-hybridized carbons (Fsp3) is 0.550. The largest absolute Gasteiger partial charge is 0.385 e. The Bertz CT molecular complexity index is 954. The topological polar surface area (TPSA) is 80.0 Å². The predicted molar refractivity (Wildman–Crippen MR) is 108 cm³/mol. The van der Waals surface area contributed by atoms with Gasteiger partial charge in [0.05, 0.1) is 21.9 Å². The Kier molecular flexibility index (Phi) is 5.14. The molecule has 3 aromatic heterocycles. The number of fused-ring (bicyclic) bond motifs is 3. The van der Waals surface area contributed by atoms with E-state index in [0.29, 0.717) is 24.9 Å². The standard InChI is InChI=1S/C20H26N4O2S/c1-3-21-17(26)10-13-4-6-14(7-5-13)24-18-16(23-20(24)12(2)25)11-22-15-8-9-27-19(15)18/h8-9,11-14,25H,3-7,10H2,1-2H3,(H,21,26)/t12-,13?,14?/m1/s1. The molecule has 2 N–H and O–H groups in total. The van der Waals surface area contributed by atoms with Crippen molar-refractivity contribution < 1.29 is 9.90 Å². The number of hydrogen-bond acceptors (Lipinski definition) is 5. The predicted octanol–water partition coefficient (Wildman–Crippen LogP) is 3.96. The quantitative estimate of drug-likeness (QED) is 0.696. The van der Waals surface area contributed by atoms with E-state index >= 15 is 0 Å². The lowest BCUT2D eigenvalue weighted by atomic mass is 9.83. The number of rotatable bonds is 5. The molecule has 0 bridgehead atoms. The molecule has 6 nitrogen and oxygen atoms in total. The molecule has 7 heteroatoms. The minimum absolute atomic E-state index is 0.157. The minimum Gasteiger partial charge on any atom is -0.385 e. The maximum atomic E-state index is 11.9. The van der Waals surface area contributed by atoms with Crippen molar-refractivity contribution in [1.82, 2.24) is 19.9 Å². The van der Waals surface area contributed by atoms with Gasteiger partial charge in [-0.15, -0.1) is 11.3 Å². The molecule has 1 saturated carbocycles. The van der Waals surface area contributed by atoms with Gasteiger partial charge in [-0.05, 0) is 56.9 Å². The van der Waals surface area contributed by atoms with Gasteiger partial charge in [-0.1, -0.05) is 0 Å². The van der Waals surface area contributed by atoms with Crippen molar-refractivity contribution in [3.8, 4) is 0 Å². The van der Waals surface area contributed by atoms with Crippen LogP contribution in [0.3, 0.4) is 0 Å². The van der Waals surface area contributed by atoms with Crippen LogP contribution in [0.2, 0.25) is 0 Å². The normalized spacial score (nSPS) is 21.6. The van der Waals surface area contributed by atoms with Gasteiger partial charge in [0.25, 0.3) is 0 Å². The molecule has 1 fully saturated rings. The van der Waals surface area contributed by atoms with Crippen molar-refractivity contribution in [2.24, 2.45) is 5.92 Å². The molecule has 0 saturated heterocycles. The lowest BCUT2D eigenvalue weighted by Crippen LogP contribution is -2.27. The molecule has 0 spiro atoms. The van der Waals surface area contributed by atoms with Gasteiger partial charge in [-0.2, -0.15) is 0 Å². The van der Waals surface area contributed by atoms with Gasteiger partial charge < -0.3 is 15.0 Å². The molecule has 1 amide bonds. The highest BCUT2D eigenvalue weighted by Gasteiger charge is 2.29. The van der Waals surface area contributed by atoms with E-state index in [4.69, 9.17) is 4.98 Å². The van der Waals surface area contributed by atoms with Crippen molar-refractivity contribution in [2.75, 3.05) is 6.54 Å². The molecule has 1 aliphatic rings. The van der Waals surface area contributed by atoms with E-state index in [1.807, 2.05) is 19.2 Å². The summed E-state index contributed by atoms with van der Waals surface area (Å²) in [7, 11) is 0. The van der Waals surface area contributed by atoms with Crippen LogP contribution in [0.15, 0.2) is 17.6 Å². The molecule has 0 radical (unpaired) electrons. The Morgan fingerprint density at radius 2 is 2.15 bits per heavy atom. The monoisotopic (exact) mass is 386 g/mol. The number of pyridine rings is 1. The van der Waals surface area contributed by atoms with Crippen LogP contribution < -0.4 is 5.32 Å². The number of imidazole rings is 1. The molecule has 0 aliphatic heterocycles. The molecule has 144 valence electrons. The molecule has 3 heterocycles. The summed E-state index contributed by atoms with van der Waals surface area (Å²) in [4.78, 5) is 21.1. The fourth-order valence-electron chi connectivity index (χ4n) is 4.30. The van der Waals surface area contributed by atoms with Gasteiger partial charge in [0.15, 0.2) is 0 Å². The van der Waals surface area contributed by atoms with Gasteiger partial charge in [0.1, 0.15) is 17.4 Å². The van der Waals surface area contributed by atoms with Crippen LogP contribution in [0.1, 0.15) is 63.9 Å². The Morgan fingerprint density at radius 3 is 2.85 bits per heavy atom. The number of aromatic nitrogens is 3. The number of thiophene rings is 1. The second kappa shape index (κ2) is 7.56. The van der Waals surface area contributed by atoms with Gasteiger partial charge >= 0.3 is 0 Å². The van der Waals surface area contributed by atoms with Crippen molar-refractivity contribution >= 4 is 38.5 Å². The lowest BCUT2D eigenvalue weighted by Gasteiger charge is -2.31. The van der Waals surface area contributed by atoms with Gasteiger partial charge in [-0.25, -0.2) is 4.98 Å². The molecule has 27 heavy (non-hydrogen) atoms. The van der Waals surface area contributed by atoms with E-state index in [-0.39, 0.29) is 5.91 Å². The van der Waals surface area contributed by atoms with E-state index < -0.39 is 6.10 Å². The Morgan fingerprint density at radius 1 is 1.37 bits per heavy atom. The number of carbonyl (C=O) groups is 1. The molecule has 4 rings (SSSR count). The van der Waals surface area contributed by atoms with Gasteiger partial charge in [0.2, 0.25) is 5.91 Å². The van der Waals surface area contributed by atoms with Crippen LogP contribution in [0.4, 0.5) is 0 Å². The zero-order valence-corrected chi connectivity index (χ0v) is 16.6. The third-order valence-corrected chi connectivity index (χ3v) is 6.46. The average molecular weight is 387 g/mol. The maximum Gasteiger partial charge on any atom is 0.220 e. The molecule has 1 atom stereocenters. The van der Waals surface area contributed by atoms with E-state index in [1.165, 1.54) is 0 Å². The summed E-state index contributed by atoms with van der Waals surface area (Å²) in [6.45, 7) is 4.42. The number of nitrogens with one attached hydrogen (secondary N) is 1. The zero-order valence-electron chi connectivity index (χ0n) is 15.8. The van der Waals surface area contributed by atoms with Crippen LogP contribution in [0.5, 0.6) is 0 Å². The molecular formula is C20H26N4O2S. The van der Waals surface area contributed by atoms with Crippen LogP contribution in [-0.4, -0.2) is 32.1 Å². The van der Waals surface area contributed by atoms with E-state index in [1.54, 1.807) is 18.3 Å². The molecule has 0 aromatic carbocycles. The van der Waals surface area contributed by atoms with Crippen LogP contribution in [0, 0.1) is 5.92 Å². The molecule has 3 aromatic rings. The molecular weight excluding hydrogens is 360 g/mol. The lowest BCUT2D eigenvalue weighted by molar-refractivity contribution is -0.122. The van der Waals surface area contributed by atoms with E-state index in [2.05, 4.69) is 20.2 Å². The summed E-state index contributed by atoms with van der Waals surface area (Å²) in [5.74, 6) is 1.32.